The standard InChI is InChI=1S/C17H24FNO/c1-2-3-5-14-6-4-7-16(14)19-17(20)12-13-8-10-15(18)11-9-13/h8-11,14,16H,2-7,12H2,1H3,(H,19,20). The highest BCUT2D eigenvalue weighted by Crippen LogP contribution is 2.29. The molecule has 20 heavy (non-hydrogen) atoms. The Kier molecular flexibility index (Phi) is 5.57. The van der Waals surface area contributed by atoms with Crippen LogP contribution in [-0.4, -0.2) is 11.9 Å². The average Bonchev–Trinajstić information content (AvgIpc) is 2.86. The molecule has 2 unspecified atom stereocenters. The molecule has 1 aliphatic carbocycles. The molecule has 1 aliphatic rings. The molecular weight excluding hydrogens is 253 g/mol. The molecule has 1 aromatic rings. The number of unbranched alkanes of at least 4 members (excludes halogenated alkanes) is 1. The molecule has 2 nitrogen and oxygen atoms in total. The SMILES string of the molecule is CCCCC1CCCC1NC(=O)Cc1ccc(F)cc1. The van der Waals surface area contributed by atoms with Crippen molar-refractivity contribution in [1.29, 1.82) is 0 Å². The molecule has 1 aromatic carbocycles. The third kappa shape index (κ3) is 4.32. The summed E-state index contributed by atoms with van der Waals surface area (Å²) in [4.78, 5) is 12.1. The zero-order chi connectivity index (χ0) is 14.4. The van der Waals surface area contributed by atoms with Crippen LogP contribution >= 0.6 is 0 Å². The molecule has 0 aliphatic heterocycles. The maximum Gasteiger partial charge on any atom is 0.224 e. The Morgan fingerprint density at radius 1 is 1.30 bits per heavy atom. The van der Waals surface area contributed by atoms with Crippen LogP contribution in [0.3, 0.4) is 0 Å². The van der Waals surface area contributed by atoms with E-state index in [1.165, 1.54) is 44.2 Å². The summed E-state index contributed by atoms with van der Waals surface area (Å²) >= 11 is 0. The van der Waals surface area contributed by atoms with Crippen LogP contribution in [0.2, 0.25) is 0 Å². The highest BCUT2D eigenvalue weighted by molar-refractivity contribution is 5.78. The lowest BCUT2D eigenvalue weighted by Crippen LogP contribution is -2.38. The van der Waals surface area contributed by atoms with E-state index in [4.69, 9.17) is 0 Å². The molecule has 0 spiro atoms. The maximum absolute atomic E-state index is 12.8. The van der Waals surface area contributed by atoms with Gasteiger partial charge in [-0.15, -0.1) is 0 Å². The number of hydrogen-bond donors (Lipinski definition) is 1. The van der Waals surface area contributed by atoms with Crippen molar-refractivity contribution in [3.8, 4) is 0 Å². The number of hydrogen-bond acceptors (Lipinski definition) is 1. The van der Waals surface area contributed by atoms with Gasteiger partial charge in [0.15, 0.2) is 0 Å². The first kappa shape index (κ1) is 15.0. The van der Waals surface area contributed by atoms with Gasteiger partial charge in [-0.3, -0.25) is 4.79 Å². The number of benzene rings is 1. The maximum atomic E-state index is 12.8. The summed E-state index contributed by atoms with van der Waals surface area (Å²) in [6, 6.07) is 6.51. The van der Waals surface area contributed by atoms with Gasteiger partial charge in [0.05, 0.1) is 6.42 Å². The fraction of sp³-hybridized carbons (Fsp3) is 0.588. The number of amides is 1. The number of halogens is 1. The second kappa shape index (κ2) is 7.41. The monoisotopic (exact) mass is 277 g/mol. The molecule has 110 valence electrons. The third-order valence-electron chi connectivity index (χ3n) is 4.21. The lowest BCUT2D eigenvalue weighted by Gasteiger charge is -2.21. The molecule has 1 amide bonds. The fourth-order valence-corrected chi connectivity index (χ4v) is 3.08. The highest BCUT2D eigenvalue weighted by atomic mass is 19.1. The van der Waals surface area contributed by atoms with Gasteiger partial charge in [-0.05, 0) is 42.9 Å². The highest BCUT2D eigenvalue weighted by Gasteiger charge is 2.27. The molecule has 1 N–H and O–H groups in total. The van der Waals surface area contributed by atoms with Gasteiger partial charge in [0.25, 0.3) is 0 Å². The number of carbonyl (C=O) groups excluding carboxylic acids is 1. The Morgan fingerprint density at radius 2 is 2.05 bits per heavy atom. The van der Waals surface area contributed by atoms with E-state index in [0.29, 0.717) is 18.4 Å². The molecule has 1 fully saturated rings. The quantitative estimate of drug-likeness (QED) is 0.841. The van der Waals surface area contributed by atoms with E-state index in [0.717, 1.165) is 12.0 Å². The van der Waals surface area contributed by atoms with Crippen LogP contribution in [0.4, 0.5) is 4.39 Å². The van der Waals surface area contributed by atoms with Crippen LogP contribution in [0.25, 0.3) is 0 Å². The lowest BCUT2D eigenvalue weighted by atomic mass is 9.96. The Morgan fingerprint density at radius 3 is 2.75 bits per heavy atom. The summed E-state index contributed by atoms with van der Waals surface area (Å²) in [7, 11) is 0. The Hall–Kier alpha value is -1.38. The minimum absolute atomic E-state index is 0.0602. The van der Waals surface area contributed by atoms with Crippen molar-refractivity contribution in [2.45, 2.75) is 57.9 Å². The predicted octanol–water partition coefficient (Wildman–Crippen LogP) is 3.84. The lowest BCUT2D eigenvalue weighted by molar-refractivity contribution is -0.121. The zero-order valence-corrected chi connectivity index (χ0v) is 12.2. The van der Waals surface area contributed by atoms with Gasteiger partial charge in [-0.25, -0.2) is 4.39 Å². The molecule has 2 rings (SSSR count). The van der Waals surface area contributed by atoms with Gasteiger partial charge < -0.3 is 5.32 Å². The fourth-order valence-electron chi connectivity index (χ4n) is 3.08. The molecule has 0 heterocycles. The average molecular weight is 277 g/mol. The number of nitrogens with one attached hydrogen (secondary N) is 1. The third-order valence-corrected chi connectivity index (χ3v) is 4.21. The summed E-state index contributed by atoms with van der Waals surface area (Å²) in [6.07, 6.45) is 7.58. The van der Waals surface area contributed by atoms with Crippen molar-refractivity contribution in [1.82, 2.24) is 5.32 Å². The minimum Gasteiger partial charge on any atom is -0.353 e. The normalized spacial score (nSPS) is 21.9. The van der Waals surface area contributed by atoms with Crippen molar-refractivity contribution < 1.29 is 9.18 Å². The van der Waals surface area contributed by atoms with E-state index in [1.807, 2.05) is 0 Å². The van der Waals surface area contributed by atoms with Crippen LogP contribution in [0.15, 0.2) is 24.3 Å². The van der Waals surface area contributed by atoms with Crippen molar-refractivity contribution >= 4 is 5.91 Å². The van der Waals surface area contributed by atoms with E-state index in [2.05, 4.69) is 12.2 Å². The molecule has 0 aromatic heterocycles. The smallest absolute Gasteiger partial charge is 0.224 e. The van der Waals surface area contributed by atoms with Crippen LogP contribution in [-0.2, 0) is 11.2 Å². The van der Waals surface area contributed by atoms with Gasteiger partial charge >= 0.3 is 0 Å². The zero-order valence-electron chi connectivity index (χ0n) is 12.2. The van der Waals surface area contributed by atoms with E-state index in [1.54, 1.807) is 12.1 Å². The van der Waals surface area contributed by atoms with Crippen molar-refractivity contribution in [2.75, 3.05) is 0 Å². The van der Waals surface area contributed by atoms with Gasteiger partial charge in [0.1, 0.15) is 5.82 Å². The first-order valence-electron chi connectivity index (χ1n) is 7.73. The summed E-state index contributed by atoms with van der Waals surface area (Å²) in [5, 5.41) is 3.17. The largest absolute Gasteiger partial charge is 0.353 e. The van der Waals surface area contributed by atoms with Gasteiger partial charge in [0, 0.05) is 6.04 Å². The summed E-state index contributed by atoms with van der Waals surface area (Å²) < 4.78 is 12.8. The van der Waals surface area contributed by atoms with E-state index < -0.39 is 0 Å². The predicted molar refractivity (Wildman–Crippen MR) is 78.9 cm³/mol. The van der Waals surface area contributed by atoms with Crippen LogP contribution < -0.4 is 5.32 Å². The molecule has 0 saturated heterocycles. The first-order valence-corrected chi connectivity index (χ1v) is 7.73. The Labute approximate surface area is 120 Å². The summed E-state index contributed by atoms with van der Waals surface area (Å²) in [6.45, 7) is 2.21. The second-order valence-corrected chi connectivity index (χ2v) is 5.81. The van der Waals surface area contributed by atoms with Gasteiger partial charge in [-0.2, -0.15) is 0 Å². The second-order valence-electron chi connectivity index (χ2n) is 5.81. The minimum atomic E-state index is -0.260. The van der Waals surface area contributed by atoms with E-state index >= 15 is 0 Å². The van der Waals surface area contributed by atoms with Gasteiger partial charge in [-0.1, -0.05) is 38.3 Å². The summed E-state index contributed by atoms with van der Waals surface area (Å²) in [5.41, 5.74) is 0.868. The summed E-state index contributed by atoms with van der Waals surface area (Å²) in [5.74, 6) is 0.446. The van der Waals surface area contributed by atoms with Crippen LogP contribution in [0, 0.1) is 11.7 Å². The van der Waals surface area contributed by atoms with Crippen LogP contribution in [0.5, 0.6) is 0 Å². The number of carbonyl (C=O) groups is 1. The van der Waals surface area contributed by atoms with Crippen molar-refractivity contribution in [3.05, 3.63) is 35.6 Å². The van der Waals surface area contributed by atoms with Gasteiger partial charge in [0.2, 0.25) is 5.91 Å². The topological polar surface area (TPSA) is 29.1 Å². The van der Waals surface area contributed by atoms with Crippen molar-refractivity contribution in [2.24, 2.45) is 5.92 Å². The molecule has 2 atom stereocenters. The van der Waals surface area contributed by atoms with E-state index in [-0.39, 0.29) is 11.7 Å². The molecule has 0 bridgehead atoms. The Bertz CT molecular complexity index is 429. The first-order chi connectivity index (χ1) is 9.69. The molecule has 3 heteroatoms. The van der Waals surface area contributed by atoms with E-state index in [9.17, 15) is 9.18 Å². The van der Waals surface area contributed by atoms with Crippen LogP contribution in [0.1, 0.15) is 51.0 Å². The number of rotatable bonds is 6. The molecule has 1 saturated carbocycles. The molecule has 0 radical (unpaired) electrons. The molecular formula is C17H24FNO. The Balaban J connectivity index is 1.82. The van der Waals surface area contributed by atoms with Crippen molar-refractivity contribution in [3.63, 3.8) is 0 Å².